The van der Waals surface area contributed by atoms with E-state index in [2.05, 4.69) is 5.32 Å². The third kappa shape index (κ3) is 2.18. The molecule has 0 aromatic carbocycles. The number of anilines is 1. The van der Waals surface area contributed by atoms with Gasteiger partial charge in [0.25, 0.3) is 0 Å². The summed E-state index contributed by atoms with van der Waals surface area (Å²) in [4.78, 5) is 0. The molecule has 0 unspecified atom stereocenters. The number of nitrogens with one attached hydrogen (secondary N) is 1. The Kier molecular flexibility index (Phi) is 3.26. The van der Waals surface area contributed by atoms with Crippen LogP contribution in [-0.2, 0) is 26.3 Å². The van der Waals surface area contributed by atoms with Crippen molar-refractivity contribution < 1.29 is 16.8 Å². The fraction of sp³-hybridized carbons (Fsp3) is 0.333. The summed E-state index contributed by atoms with van der Waals surface area (Å²) in [5.41, 5.74) is 0.793. The first-order valence-corrected chi connectivity index (χ1v) is 9.02. The summed E-state index contributed by atoms with van der Waals surface area (Å²) in [7, 11) is -7.48. The number of rotatable bonds is 3. The molecule has 2 rings (SSSR count). The smallest absolute Gasteiger partial charge is 0.249 e. The van der Waals surface area contributed by atoms with E-state index in [1.54, 1.807) is 6.92 Å². The van der Waals surface area contributed by atoms with Gasteiger partial charge in [-0.25, -0.2) is 22.0 Å². The van der Waals surface area contributed by atoms with Gasteiger partial charge in [-0.05, 0) is 13.3 Å². The molecule has 1 aliphatic heterocycles. The topological polar surface area (TPSA) is 106 Å². The van der Waals surface area contributed by atoms with Crippen LogP contribution >= 0.6 is 11.3 Å². The van der Waals surface area contributed by atoms with Gasteiger partial charge in [0.15, 0.2) is 4.21 Å². The average Bonchev–Trinajstić information content (AvgIpc) is 2.58. The molecule has 3 N–H and O–H groups in total. The minimum Gasteiger partial charge on any atom is -0.383 e. The van der Waals surface area contributed by atoms with Gasteiger partial charge in [0.05, 0.1) is 5.69 Å². The fourth-order valence-electron chi connectivity index (χ4n) is 1.75. The molecule has 0 saturated carbocycles. The van der Waals surface area contributed by atoms with E-state index in [9.17, 15) is 16.8 Å². The zero-order valence-electron chi connectivity index (χ0n) is 9.50. The number of hydrogen-bond donors (Lipinski definition) is 2. The number of primary sulfonamides is 1. The zero-order chi connectivity index (χ0) is 13.6. The van der Waals surface area contributed by atoms with Crippen LogP contribution in [0.1, 0.15) is 12.5 Å². The van der Waals surface area contributed by atoms with Crippen LogP contribution in [0.15, 0.2) is 19.9 Å². The lowest BCUT2D eigenvalue weighted by atomic mass is 10.2. The van der Waals surface area contributed by atoms with Gasteiger partial charge in [0.2, 0.25) is 19.9 Å². The molecular weight excluding hydrogens is 296 g/mol. The largest absolute Gasteiger partial charge is 0.383 e. The lowest BCUT2D eigenvalue weighted by Crippen LogP contribution is -2.13. The Morgan fingerprint density at radius 3 is 2.72 bits per heavy atom. The second-order valence-electron chi connectivity index (χ2n) is 3.73. The summed E-state index contributed by atoms with van der Waals surface area (Å²) in [5.74, 6) is 0. The summed E-state index contributed by atoms with van der Waals surface area (Å²) in [5, 5.41) is 9.09. The van der Waals surface area contributed by atoms with Gasteiger partial charge < -0.3 is 5.32 Å². The molecule has 1 aromatic heterocycles. The van der Waals surface area contributed by atoms with Crippen molar-refractivity contribution in [2.45, 2.75) is 21.8 Å². The average molecular weight is 308 g/mol. The van der Waals surface area contributed by atoms with Gasteiger partial charge in [0.1, 0.15) is 4.21 Å². The van der Waals surface area contributed by atoms with Gasteiger partial charge in [-0.1, -0.05) is 6.08 Å². The van der Waals surface area contributed by atoms with Crippen molar-refractivity contribution in [1.82, 2.24) is 0 Å². The summed E-state index contributed by atoms with van der Waals surface area (Å²) < 4.78 is 46.6. The highest BCUT2D eigenvalue weighted by Gasteiger charge is 2.31. The molecule has 1 aromatic rings. The molecule has 1 aliphatic rings. The van der Waals surface area contributed by atoms with E-state index >= 15 is 0 Å². The van der Waals surface area contributed by atoms with E-state index in [0.29, 0.717) is 35.6 Å². The van der Waals surface area contributed by atoms with E-state index in [0.717, 1.165) is 5.41 Å². The van der Waals surface area contributed by atoms with Crippen molar-refractivity contribution in [2.24, 2.45) is 5.14 Å². The maximum Gasteiger partial charge on any atom is 0.249 e. The maximum atomic E-state index is 11.8. The van der Waals surface area contributed by atoms with Crippen LogP contribution < -0.4 is 10.5 Å². The number of sulfone groups is 1. The highest BCUT2D eigenvalue weighted by atomic mass is 32.3. The van der Waals surface area contributed by atoms with Gasteiger partial charge in [-0.3, -0.25) is 0 Å². The van der Waals surface area contributed by atoms with Crippen LogP contribution in [0.5, 0.6) is 0 Å². The molecule has 0 bridgehead atoms. The second kappa shape index (κ2) is 4.34. The Labute approximate surface area is 109 Å². The minimum absolute atomic E-state index is 0.0602. The lowest BCUT2D eigenvalue weighted by Gasteiger charge is -2.09. The fourth-order valence-corrected chi connectivity index (χ4v) is 5.76. The zero-order valence-corrected chi connectivity index (χ0v) is 12.0. The number of allylic oxidation sites excluding steroid dienone is 1. The summed E-state index contributed by atoms with van der Waals surface area (Å²) in [6.07, 6.45) is 1.88. The van der Waals surface area contributed by atoms with Crippen LogP contribution in [0.2, 0.25) is 0 Å². The Morgan fingerprint density at radius 2 is 2.17 bits per heavy atom. The first kappa shape index (κ1) is 13.5. The third-order valence-electron chi connectivity index (χ3n) is 2.41. The van der Waals surface area contributed by atoms with Crippen LogP contribution in [0.4, 0.5) is 5.69 Å². The van der Waals surface area contributed by atoms with E-state index < -0.39 is 19.9 Å². The number of hydrogen-bond acceptors (Lipinski definition) is 6. The Morgan fingerprint density at radius 1 is 1.50 bits per heavy atom. The van der Waals surface area contributed by atoms with E-state index in [4.69, 9.17) is 5.14 Å². The molecule has 100 valence electrons. The van der Waals surface area contributed by atoms with E-state index in [1.807, 2.05) is 0 Å². The van der Waals surface area contributed by atoms with Crippen molar-refractivity contribution in [3.05, 3.63) is 17.0 Å². The Balaban J connectivity index is 2.77. The van der Waals surface area contributed by atoms with Crippen LogP contribution in [0, 0.1) is 0 Å². The molecule has 0 radical (unpaired) electrons. The summed E-state index contributed by atoms with van der Waals surface area (Å²) in [6.45, 7) is 2.28. The van der Waals surface area contributed by atoms with Crippen molar-refractivity contribution in [1.29, 1.82) is 0 Å². The molecule has 0 spiro atoms. The molecule has 6 nitrogen and oxygen atoms in total. The number of nitrogens with two attached hydrogens (primary N) is 1. The summed E-state index contributed by atoms with van der Waals surface area (Å²) >= 11 is 0.701. The van der Waals surface area contributed by atoms with Gasteiger partial charge in [-0.15, -0.1) is 11.3 Å². The standard InChI is InChI=1S/C9H12N2O4S3/c1-2-11-7-6-4-3-5-17(12,13)8(6)16-9(7)18(10,14)15/h3,5,11H,2,4H2,1H3,(H2,10,14,15). The first-order valence-electron chi connectivity index (χ1n) is 5.11. The molecule has 9 heteroatoms. The monoisotopic (exact) mass is 308 g/mol. The number of thiophene rings is 1. The predicted octanol–water partition coefficient (Wildman–Crippen LogP) is 0.671. The number of sulfonamides is 1. The Hall–Kier alpha value is -0.900. The SMILES string of the molecule is CCNc1c(S(N)(=O)=O)sc2c1CC=CS2(=O)=O. The van der Waals surface area contributed by atoms with Crippen molar-refractivity contribution in [2.75, 3.05) is 11.9 Å². The van der Waals surface area contributed by atoms with Crippen LogP contribution in [0.3, 0.4) is 0 Å². The third-order valence-corrected chi connectivity index (χ3v) is 7.16. The molecule has 0 saturated heterocycles. The molecule has 0 atom stereocenters. The van der Waals surface area contributed by atoms with E-state index in [-0.39, 0.29) is 8.42 Å². The Bertz CT molecular complexity index is 713. The number of fused-ring (bicyclic) bond motifs is 1. The lowest BCUT2D eigenvalue weighted by molar-refractivity contribution is 0.599. The molecule has 0 fully saturated rings. The predicted molar refractivity (Wildman–Crippen MR) is 69.9 cm³/mol. The first-order chi connectivity index (χ1) is 8.27. The highest BCUT2D eigenvalue weighted by molar-refractivity contribution is 7.97. The minimum atomic E-state index is -3.94. The van der Waals surface area contributed by atoms with Gasteiger partial charge in [-0.2, -0.15) is 0 Å². The highest BCUT2D eigenvalue weighted by Crippen LogP contribution is 2.41. The van der Waals surface area contributed by atoms with Gasteiger partial charge >= 0.3 is 0 Å². The molecule has 0 aliphatic carbocycles. The molecular formula is C9H12N2O4S3. The second-order valence-corrected chi connectivity index (χ2v) is 8.53. The van der Waals surface area contributed by atoms with Crippen molar-refractivity contribution in [3.8, 4) is 0 Å². The molecule has 2 heterocycles. The van der Waals surface area contributed by atoms with E-state index in [1.165, 1.54) is 6.08 Å². The van der Waals surface area contributed by atoms with Crippen molar-refractivity contribution >= 4 is 36.9 Å². The molecule has 0 amide bonds. The maximum absolute atomic E-state index is 11.8. The quantitative estimate of drug-likeness (QED) is 0.853. The van der Waals surface area contributed by atoms with Crippen LogP contribution in [-0.4, -0.2) is 23.4 Å². The normalized spacial score (nSPS) is 17.4. The molecule has 18 heavy (non-hydrogen) atoms. The summed E-state index contributed by atoms with van der Waals surface area (Å²) in [6, 6.07) is 0. The van der Waals surface area contributed by atoms with Gasteiger partial charge in [0, 0.05) is 17.5 Å². The van der Waals surface area contributed by atoms with Crippen LogP contribution in [0.25, 0.3) is 0 Å². The van der Waals surface area contributed by atoms with Crippen molar-refractivity contribution in [3.63, 3.8) is 0 Å².